The van der Waals surface area contributed by atoms with Gasteiger partial charge in [0.15, 0.2) is 0 Å². The van der Waals surface area contributed by atoms with E-state index in [-0.39, 0.29) is 6.04 Å². The van der Waals surface area contributed by atoms with Gasteiger partial charge < -0.3 is 9.30 Å². The van der Waals surface area contributed by atoms with Crippen molar-refractivity contribution in [2.75, 3.05) is 7.11 Å². The van der Waals surface area contributed by atoms with Gasteiger partial charge in [0.2, 0.25) is 0 Å². The van der Waals surface area contributed by atoms with Gasteiger partial charge in [-0.2, -0.15) is 0 Å². The first kappa shape index (κ1) is 13.6. The van der Waals surface area contributed by atoms with Crippen LogP contribution in [-0.4, -0.2) is 16.7 Å². The summed E-state index contributed by atoms with van der Waals surface area (Å²) in [4.78, 5) is 4.33. The highest BCUT2D eigenvalue weighted by atomic mass is 16.5. The molecule has 1 aromatic heterocycles. The molecule has 2 aromatic rings. The van der Waals surface area contributed by atoms with E-state index in [0.717, 1.165) is 17.1 Å². The molecule has 1 heterocycles. The molecule has 0 fully saturated rings. The summed E-state index contributed by atoms with van der Waals surface area (Å²) in [5.74, 6) is 7.52. The third-order valence-electron chi connectivity index (χ3n) is 3.27. The van der Waals surface area contributed by atoms with Crippen LogP contribution in [0.2, 0.25) is 0 Å². The zero-order valence-corrected chi connectivity index (χ0v) is 11.6. The molecule has 5 heteroatoms. The molecule has 0 aliphatic heterocycles. The number of rotatable bonds is 5. The molecular weight excluding hydrogens is 240 g/mol. The quantitative estimate of drug-likeness (QED) is 0.631. The van der Waals surface area contributed by atoms with Gasteiger partial charge in [0.25, 0.3) is 0 Å². The minimum atomic E-state index is -0.0315. The van der Waals surface area contributed by atoms with Crippen molar-refractivity contribution in [3.63, 3.8) is 0 Å². The van der Waals surface area contributed by atoms with Crippen LogP contribution in [0.1, 0.15) is 23.0 Å². The first-order valence-corrected chi connectivity index (χ1v) is 6.22. The first-order valence-electron chi connectivity index (χ1n) is 6.22. The largest absolute Gasteiger partial charge is 0.496 e. The third kappa shape index (κ3) is 2.94. The van der Waals surface area contributed by atoms with Crippen LogP contribution in [0.5, 0.6) is 5.75 Å². The molecule has 19 heavy (non-hydrogen) atoms. The maximum Gasteiger partial charge on any atom is 0.123 e. The second kappa shape index (κ2) is 5.86. The minimum Gasteiger partial charge on any atom is -0.496 e. The monoisotopic (exact) mass is 260 g/mol. The molecule has 0 aliphatic carbocycles. The fourth-order valence-corrected chi connectivity index (χ4v) is 2.16. The van der Waals surface area contributed by atoms with Crippen LogP contribution in [0.4, 0.5) is 0 Å². The molecule has 0 spiro atoms. The summed E-state index contributed by atoms with van der Waals surface area (Å²) in [7, 11) is 3.64. The molecule has 5 nitrogen and oxygen atoms in total. The summed E-state index contributed by atoms with van der Waals surface area (Å²) in [5.41, 5.74) is 5.08. The highest BCUT2D eigenvalue weighted by Gasteiger charge is 2.17. The number of nitrogens with two attached hydrogens (primary N) is 1. The molecule has 0 amide bonds. The lowest BCUT2D eigenvalue weighted by molar-refractivity contribution is 0.397. The Kier molecular flexibility index (Phi) is 4.19. The van der Waals surface area contributed by atoms with Crippen molar-refractivity contribution in [2.45, 2.75) is 19.4 Å². The molecule has 0 saturated heterocycles. The number of aryl methyl sites for hydroxylation is 2. The third-order valence-corrected chi connectivity index (χ3v) is 3.27. The summed E-state index contributed by atoms with van der Waals surface area (Å²) >= 11 is 0. The van der Waals surface area contributed by atoms with Crippen LogP contribution in [-0.2, 0) is 13.5 Å². The number of hydrazine groups is 1. The van der Waals surface area contributed by atoms with E-state index in [1.807, 2.05) is 29.9 Å². The second-order valence-electron chi connectivity index (χ2n) is 4.62. The van der Waals surface area contributed by atoms with Crippen molar-refractivity contribution >= 4 is 0 Å². The van der Waals surface area contributed by atoms with Gasteiger partial charge in [-0.25, -0.2) is 4.98 Å². The molecule has 3 N–H and O–H groups in total. The molecule has 0 radical (unpaired) electrons. The van der Waals surface area contributed by atoms with Crippen LogP contribution >= 0.6 is 0 Å². The molecule has 1 atom stereocenters. The van der Waals surface area contributed by atoms with Crippen LogP contribution < -0.4 is 16.0 Å². The first-order chi connectivity index (χ1) is 9.15. The lowest BCUT2D eigenvalue weighted by atomic mass is 10.0. The Morgan fingerprint density at radius 3 is 2.84 bits per heavy atom. The molecular formula is C14H20N4O. The number of ether oxygens (including phenoxy) is 1. The topological polar surface area (TPSA) is 65.1 Å². The highest BCUT2D eigenvalue weighted by molar-refractivity contribution is 5.39. The van der Waals surface area contributed by atoms with Gasteiger partial charge in [-0.15, -0.1) is 0 Å². The Bertz CT molecular complexity index is 550. The summed E-state index contributed by atoms with van der Waals surface area (Å²) < 4.78 is 7.40. The summed E-state index contributed by atoms with van der Waals surface area (Å²) in [6.07, 6.45) is 4.42. The summed E-state index contributed by atoms with van der Waals surface area (Å²) in [5, 5.41) is 0. The maximum absolute atomic E-state index is 5.70. The Balaban J connectivity index is 2.31. The van der Waals surface area contributed by atoms with E-state index in [1.54, 1.807) is 13.3 Å². The Labute approximate surface area is 113 Å². The van der Waals surface area contributed by atoms with E-state index in [2.05, 4.69) is 23.4 Å². The van der Waals surface area contributed by atoms with Crippen molar-refractivity contribution in [3.05, 3.63) is 47.5 Å². The van der Waals surface area contributed by atoms with Gasteiger partial charge in [-0.1, -0.05) is 17.7 Å². The van der Waals surface area contributed by atoms with Crippen LogP contribution in [0.15, 0.2) is 30.6 Å². The van der Waals surface area contributed by atoms with Gasteiger partial charge in [0.05, 0.1) is 13.2 Å². The van der Waals surface area contributed by atoms with Crippen LogP contribution in [0.3, 0.4) is 0 Å². The molecule has 2 rings (SSSR count). The second-order valence-corrected chi connectivity index (χ2v) is 4.62. The fraction of sp³-hybridized carbons (Fsp3) is 0.357. The number of hydrogen-bond donors (Lipinski definition) is 2. The van der Waals surface area contributed by atoms with Gasteiger partial charge in [0.1, 0.15) is 11.6 Å². The van der Waals surface area contributed by atoms with E-state index >= 15 is 0 Å². The SMILES string of the molecule is COc1ccc(C)cc1C(Cc1nccn1C)NN. The van der Waals surface area contributed by atoms with Crippen molar-refractivity contribution in [1.82, 2.24) is 15.0 Å². The van der Waals surface area contributed by atoms with Gasteiger partial charge >= 0.3 is 0 Å². The highest BCUT2D eigenvalue weighted by Crippen LogP contribution is 2.27. The summed E-state index contributed by atoms with van der Waals surface area (Å²) in [6, 6.07) is 6.05. The van der Waals surface area contributed by atoms with Crippen molar-refractivity contribution in [1.29, 1.82) is 0 Å². The Morgan fingerprint density at radius 2 is 2.26 bits per heavy atom. The molecule has 1 aromatic carbocycles. The number of imidazole rings is 1. The molecule has 0 aliphatic rings. The molecule has 102 valence electrons. The van der Waals surface area contributed by atoms with E-state index in [1.165, 1.54) is 5.56 Å². The molecule has 0 bridgehead atoms. The minimum absolute atomic E-state index is 0.0315. The number of nitrogens with zero attached hydrogens (tertiary/aromatic N) is 2. The number of aromatic nitrogens is 2. The van der Waals surface area contributed by atoms with Gasteiger partial charge in [0, 0.05) is 31.4 Å². The number of nitrogens with one attached hydrogen (secondary N) is 1. The van der Waals surface area contributed by atoms with Crippen LogP contribution in [0.25, 0.3) is 0 Å². The fourth-order valence-electron chi connectivity index (χ4n) is 2.16. The predicted molar refractivity (Wildman–Crippen MR) is 74.7 cm³/mol. The predicted octanol–water partition coefficient (Wildman–Crippen LogP) is 1.48. The number of hydrogen-bond acceptors (Lipinski definition) is 4. The maximum atomic E-state index is 5.70. The zero-order valence-electron chi connectivity index (χ0n) is 11.6. The van der Waals surface area contributed by atoms with Crippen molar-refractivity contribution in [3.8, 4) is 5.75 Å². The normalized spacial score (nSPS) is 12.4. The van der Waals surface area contributed by atoms with E-state index in [0.29, 0.717) is 6.42 Å². The number of benzene rings is 1. The Hall–Kier alpha value is -1.85. The van der Waals surface area contributed by atoms with Crippen LogP contribution in [0, 0.1) is 6.92 Å². The molecule has 0 saturated carbocycles. The average molecular weight is 260 g/mol. The molecule has 1 unspecified atom stereocenters. The van der Waals surface area contributed by atoms with Gasteiger partial charge in [-0.3, -0.25) is 11.3 Å². The van der Waals surface area contributed by atoms with E-state index < -0.39 is 0 Å². The standard InChI is InChI=1S/C14H20N4O/c1-10-4-5-13(19-3)11(8-10)12(17-15)9-14-16-6-7-18(14)2/h4-8,12,17H,9,15H2,1-3H3. The van der Waals surface area contributed by atoms with E-state index in [4.69, 9.17) is 10.6 Å². The van der Waals surface area contributed by atoms with Crippen molar-refractivity contribution in [2.24, 2.45) is 12.9 Å². The van der Waals surface area contributed by atoms with Gasteiger partial charge in [-0.05, 0) is 13.0 Å². The smallest absolute Gasteiger partial charge is 0.123 e. The number of methoxy groups -OCH3 is 1. The lowest BCUT2D eigenvalue weighted by Gasteiger charge is -2.19. The summed E-state index contributed by atoms with van der Waals surface area (Å²) in [6.45, 7) is 2.05. The lowest BCUT2D eigenvalue weighted by Crippen LogP contribution is -2.30. The Morgan fingerprint density at radius 1 is 1.47 bits per heavy atom. The zero-order chi connectivity index (χ0) is 13.8. The average Bonchev–Trinajstić information content (AvgIpc) is 2.81. The van der Waals surface area contributed by atoms with Crippen molar-refractivity contribution < 1.29 is 4.74 Å². The van der Waals surface area contributed by atoms with E-state index in [9.17, 15) is 0 Å².